The molecule has 0 aliphatic carbocycles. The monoisotopic (exact) mass is 302 g/mol. The Bertz CT molecular complexity index is 417. The molecule has 0 amide bonds. The van der Waals surface area contributed by atoms with E-state index in [4.69, 9.17) is 0 Å². The normalized spacial score (nSPS) is 10.3. The van der Waals surface area contributed by atoms with E-state index in [1.807, 2.05) is 0 Å². The van der Waals surface area contributed by atoms with E-state index in [-0.39, 0.29) is 0 Å². The van der Waals surface area contributed by atoms with Crippen LogP contribution in [0, 0.1) is 13.8 Å². The van der Waals surface area contributed by atoms with E-state index >= 15 is 0 Å². The minimum atomic E-state index is -0.591. The van der Waals surface area contributed by atoms with E-state index in [2.05, 4.69) is 62.4 Å². The van der Waals surface area contributed by atoms with Gasteiger partial charge >= 0.3 is 102 Å². The van der Waals surface area contributed by atoms with Gasteiger partial charge in [-0.25, -0.2) is 0 Å². The first kappa shape index (κ1) is 10.7. The van der Waals surface area contributed by atoms with Crippen LogP contribution in [0.4, 0.5) is 0 Å². The Hall–Kier alpha value is -0.761. The van der Waals surface area contributed by atoms with Crippen molar-refractivity contribution in [3.8, 4) is 0 Å². The summed E-state index contributed by atoms with van der Waals surface area (Å²) in [4.78, 5) is 0. The van der Waals surface area contributed by atoms with Gasteiger partial charge in [-0.2, -0.15) is 0 Å². The molecule has 2 aromatic rings. The number of rotatable bonds is 2. The first-order valence-electron chi connectivity index (χ1n) is 5.15. The second-order valence-corrected chi connectivity index (χ2v) is 7.54. The van der Waals surface area contributed by atoms with Gasteiger partial charge in [0.15, 0.2) is 0 Å². The molecule has 2 aromatic carbocycles. The van der Waals surface area contributed by atoms with Gasteiger partial charge < -0.3 is 0 Å². The van der Waals surface area contributed by atoms with Crippen molar-refractivity contribution in [1.29, 1.82) is 0 Å². The van der Waals surface area contributed by atoms with Crippen LogP contribution in [0.25, 0.3) is 0 Å². The fraction of sp³-hybridized carbons (Fsp3) is 0.143. The molecule has 0 atom stereocenters. The van der Waals surface area contributed by atoms with Crippen LogP contribution in [-0.2, 0) is 0 Å². The third-order valence-electron chi connectivity index (χ3n) is 2.56. The van der Waals surface area contributed by atoms with Crippen LogP contribution in [0.1, 0.15) is 11.1 Å². The Morgan fingerprint density at radius 2 is 1.07 bits per heavy atom. The van der Waals surface area contributed by atoms with Gasteiger partial charge in [-0.1, -0.05) is 0 Å². The zero-order valence-electron chi connectivity index (χ0n) is 9.12. The maximum atomic E-state index is 2.29. The standard InChI is InChI=1S/2C7H7.Sn/c2*1-7-5-3-2-4-6-7;/h2*2-5H,1H3;. The summed E-state index contributed by atoms with van der Waals surface area (Å²) in [7, 11) is 0. The predicted molar refractivity (Wildman–Crippen MR) is 67.4 cm³/mol. The number of hydrogen-bond donors (Lipinski definition) is 0. The van der Waals surface area contributed by atoms with Crippen LogP contribution < -0.4 is 7.16 Å². The molecule has 0 nitrogen and oxygen atoms in total. The zero-order chi connectivity index (χ0) is 10.7. The average Bonchev–Trinajstić information content (AvgIpc) is 2.24. The van der Waals surface area contributed by atoms with E-state index in [1.165, 1.54) is 11.1 Å². The Labute approximate surface area is 102 Å². The molecular formula is C14H14Sn. The minimum absolute atomic E-state index is 0.591. The Kier molecular flexibility index (Phi) is 3.47. The maximum absolute atomic E-state index is 2.29. The third kappa shape index (κ3) is 2.63. The Morgan fingerprint density at radius 3 is 1.47 bits per heavy atom. The van der Waals surface area contributed by atoms with Gasteiger partial charge in [0.2, 0.25) is 0 Å². The van der Waals surface area contributed by atoms with Crippen LogP contribution in [0.3, 0.4) is 0 Å². The zero-order valence-corrected chi connectivity index (χ0v) is 12.0. The molecule has 0 saturated heterocycles. The van der Waals surface area contributed by atoms with Crippen molar-refractivity contribution in [3.63, 3.8) is 0 Å². The van der Waals surface area contributed by atoms with Crippen molar-refractivity contribution in [2.24, 2.45) is 0 Å². The summed E-state index contributed by atoms with van der Waals surface area (Å²) in [5.74, 6) is 0. The van der Waals surface area contributed by atoms with E-state index in [0.29, 0.717) is 0 Å². The van der Waals surface area contributed by atoms with Gasteiger partial charge in [-0.15, -0.1) is 0 Å². The van der Waals surface area contributed by atoms with Gasteiger partial charge in [0, 0.05) is 0 Å². The van der Waals surface area contributed by atoms with Crippen LogP contribution >= 0.6 is 0 Å². The SMILES string of the molecule is Cc1cccc[c]1[Sn][c]1ccccc1C. The van der Waals surface area contributed by atoms with Crippen molar-refractivity contribution in [1.82, 2.24) is 0 Å². The van der Waals surface area contributed by atoms with Gasteiger partial charge in [0.05, 0.1) is 0 Å². The molecule has 0 fully saturated rings. The molecule has 15 heavy (non-hydrogen) atoms. The molecule has 0 aromatic heterocycles. The van der Waals surface area contributed by atoms with Gasteiger partial charge in [0.25, 0.3) is 0 Å². The molecule has 0 heterocycles. The van der Waals surface area contributed by atoms with Crippen LogP contribution in [0.2, 0.25) is 0 Å². The molecule has 0 unspecified atom stereocenters. The fourth-order valence-electron chi connectivity index (χ4n) is 1.57. The summed E-state index contributed by atoms with van der Waals surface area (Å²) < 4.78 is 3.19. The van der Waals surface area contributed by atoms with Crippen molar-refractivity contribution in [2.45, 2.75) is 13.8 Å². The molecule has 2 rings (SSSR count). The summed E-state index contributed by atoms with van der Waals surface area (Å²) in [6, 6.07) is 17.6. The average molecular weight is 301 g/mol. The third-order valence-corrected chi connectivity index (χ3v) is 7.30. The second kappa shape index (κ2) is 4.84. The van der Waals surface area contributed by atoms with Crippen molar-refractivity contribution in [3.05, 3.63) is 59.7 Å². The summed E-state index contributed by atoms with van der Waals surface area (Å²) in [6.45, 7) is 4.43. The first-order chi connectivity index (χ1) is 7.27. The molecular weight excluding hydrogens is 287 g/mol. The van der Waals surface area contributed by atoms with Gasteiger partial charge in [-0.05, 0) is 0 Å². The number of hydrogen-bond acceptors (Lipinski definition) is 0. The quantitative estimate of drug-likeness (QED) is 0.744. The Balaban J connectivity index is 2.30. The van der Waals surface area contributed by atoms with Crippen LogP contribution in [-0.4, -0.2) is 21.1 Å². The van der Waals surface area contributed by atoms with E-state index in [1.54, 1.807) is 7.16 Å². The van der Waals surface area contributed by atoms with Gasteiger partial charge in [0.1, 0.15) is 0 Å². The van der Waals surface area contributed by atoms with Crippen molar-refractivity contribution in [2.75, 3.05) is 0 Å². The second-order valence-electron chi connectivity index (χ2n) is 3.75. The van der Waals surface area contributed by atoms with Gasteiger partial charge in [-0.3, -0.25) is 0 Å². The van der Waals surface area contributed by atoms with Crippen LogP contribution in [0.5, 0.6) is 0 Å². The topological polar surface area (TPSA) is 0 Å². The van der Waals surface area contributed by atoms with E-state index in [0.717, 1.165) is 0 Å². The van der Waals surface area contributed by atoms with Crippen LogP contribution in [0.15, 0.2) is 48.5 Å². The molecule has 2 radical (unpaired) electrons. The van der Waals surface area contributed by atoms with E-state index < -0.39 is 21.1 Å². The molecule has 0 bridgehead atoms. The molecule has 0 spiro atoms. The summed E-state index contributed by atoms with van der Waals surface area (Å²) >= 11 is -0.591. The molecule has 0 aliphatic heterocycles. The number of benzene rings is 2. The summed E-state index contributed by atoms with van der Waals surface area (Å²) in [5, 5.41) is 0. The molecule has 0 aliphatic rings. The summed E-state index contributed by atoms with van der Waals surface area (Å²) in [5.41, 5.74) is 2.90. The number of aryl methyl sites for hydroxylation is 2. The fourth-order valence-corrected chi connectivity index (χ4v) is 5.03. The molecule has 0 N–H and O–H groups in total. The molecule has 74 valence electrons. The Morgan fingerprint density at radius 1 is 0.667 bits per heavy atom. The summed E-state index contributed by atoms with van der Waals surface area (Å²) in [6.07, 6.45) is 0. The predicted octanol–water partition coefficient (Wildman–Crippen LogP) is 1.96. The molecule has 1 heteroatoms. The van der Waals surface area contributed by atoms with Crippen molar-refractivity contribution >= 4 is 28.3 Å². The van der Waals surface area contributed by atoms with Crippen molar-refractivity contribution < 1.29 is 0 Å². The first-order valence-corrected chi connectivity index (χ1v) is 8.01. The van der Waals surface area contributed by atoms with E-state index in [9.17, 15) is 0 Å². The molecule has 0 saturated carbocycles.